The van der Waals surface area contributed by atoms with Crippen LogP contribution in [-0.4, -0.2) is 79.5 Å². The van der Waals surface area contributed by atoms with Crippen molar-refractivity contribution in [1.29, 1.82) is 0 Å². The highest BCUT2D eigenvalue weighted by Gasteiger charge is 2.31. The minimum absolute atomic E-state index is 0.0441. The number of allylic oxidation sites excluding steroid dienone is 3. The van der Waals surface area contributed by atoms with E-state index < -0.39 is 45.2 Å². The number of H-pyrrole nitrogens is 4. The molecule has 0 saturated carbocycles. The molecule has 0 bridgehead atoms. The summed E-state index contributed by atoms with van der Waals surface area (Å²) in [7, 11) is -8.10. The zero-order valence-corrected chi connectivity index (χ0v) is 35.3. The van der Waals surface area contributed by atoms with Crippen molar-refractivity contribution < 1.29 is 57.1 Å². The first-order chi connectivity index (χ1) is 28.6. The smallest absolute Gasteiger partial charge is 0.510 e. The average Bonchev–Trinajstić information content (AvgIpc) is 4.00. The minimum atomic E-state index is -3.39. The third kappa shape index (κ3) is 10.3. The minimum Gasteiger partial charge on any atom is -0.510 e. The maximum Gasteiger partial charge on any atom is 0.796 e. The molecular weight excluding hydrogens is 779 g/mol. The van der Waals surface area contributed by atoms with Crippen LogP contribution in [0.3, 0.4) is 0 Å². The van der Waals surface area contributed by atoms with Crippen molar-refractivity contribution >= 4 is 56.7 Å². The number of nitrogens with one attached hydrogen (secondary N) is 4. The van der Waals surface area contributed by atoms with Gasteiger partial charge < -0.3 is 54.0 Å². The molecule has 4 aromatic heterocycles. The maximum absolute atomic E-state index is 14.3. The van der Waals surface area contributed by atoms with E-state index >= 15 is 0 Å². The lowest BCUT2D eigenvalue weighted by Gasteiger charge is -2.11. The number of aryl methyl sites for hydroxylation is 2. The fourth-order valence-electron chi connectivity index (χ4n) is 7.82. The van der Waals surface area contributed by atoms with E-state index in [9.17, 15) is 43.1 Å². The van der Waals surface area contributed by atoms with Crippen molar-refractivity contribution in [3.63, 3.8) is 0 Å². The molecule has 19 heteroatoms. The molecule has 0 aromatic carbocycles. The molecular formula is C41H53B3F2N4O10. The van der Waals surface area contributed by atoms with Gasteiger partial charge in [-0.2, -0.15) is 0 Å². The molecule has 14 nitrogen and oxygen atoms in total. The molecule has 0 aliphatic heterocycles. The summed E-state index contributed by atoms with van der Waals surface area (Å²) < 4.78 is 44.1. The standard InChI is InChI=1S/C41H53B3F2N4O10/c1-9-22-20-47-36(24(22)11-3)30(51)17-34(59-43(54)55)40-27(14-6)26(13-5)38(49-40)32(53)19-33(58-42(45)46)39-28(15-7)29(16-8)41(50-39)35(60-44(56)57)18-31(52)37-25(12-4)23(10-2)21-48-37/h17-21,47-50,54-57H,9-16H2,1-8H3/b33-19-,34-17-,35-18-. The van der Waals surface area contributed by atoms with E-state index in [2.05, 4.69) is 19.9 Å². The largest absolute Gasteiger partial charge is 0.796 e. The lowest BCUT2D eigenvalue weighted by atomic mass is 9.99. The summed E-state index contributed by atoms with van der Waals surface area (Å²) in [5, 5.41) is 39.6. The van der Waals surface area contributed by atoms with Gasteiger partial charge in [-0.15, -0.1) is 0 Å². The van der Waals surface area contributed by atoms with Crippen LogP contribution in [0.5, 0.6) is 0 Å². The molecule has 0 spiro atoms. The van der Waals surface area contributed by atoms with Crippen molar-refractivity contribution in [2.75, 3.05) is 0 Å². The third-order valence-corrected chi connectivity index (χ3v) is 10.4. The summed E-state index contributed by atoms with van der Waals surface area (Å²) in [6, 6.07) is 0. The maximum atomic E-state index is 14.3. The van der Waals surface area contributed by atoms with Crippen LogP contribution in [0, 0.1) is 0 Å². The first-order valence-corrected chi connectivity index (χ1v) is 20.3. The van der Waals surface area contributed by atoms with Gasteiger partial charge in [-0.05, 0) is 95.9 Å². The van der Waals surface area contributed by atoms with Gasteiger partial charge in [-0.3, -0.25) is 14.4 Å². The Balaban J connectivity index is 1.91. The molecule has 0 unspecified atom stereocenters. The Bertz CT molecular complexity index is 2270. The molecule has 0 amide bonds. The molecule has 4 heterocycles. The molecule has 60 heavy (non-hydrogen) atoms. The molecule has 0 aliphatic carbocycles. The highest BCUT2D eigenvalue weighted by atomic mass is 19.2. The van der Waals surface area contributed by atoms with Gasteiger partial charge in [0.25, 0.3) is 0 Å². The molecule has 8 N–H and O–H groups in total. The molecule has 0 fully saturated rings. The molecule has 4 aromatic rings. The van der Waals surface area contributed by atoms with Crippen molar-refractivity contribution in [3.8, 4) is 0 Å². The van der Waals surface area contributed by atoms with Gasteiger partial charge >= 0.3 is 22.1 Å². The van der Waals surface area contributed by atoms with Crippen molar-refractivity contribution in [1.82, 2.24) is 19.9 Å². The first kappa shape index (κ1) is 47.3. The van der Waals surface area contributed by atoms with Gasteiger partial charge in [0.15, 0.2) is 0 Å². The van der Waals surface area contributed by atoms with E-state index in [0.717, 1.165) is 40.5 Å². The number of rotatable bonds is 23. The van der Waals surface area contributed by atoms with Gasteiger partial charge in [0.1, 0.15) is 17.3 Å². The van der Waals surface area contributed by atoms with Crippen LogP contribution < -0.4 is 0 Å². The molecule has 0 radical (unpaired) electrons. The Morgan fingerprint density at radius 3 is 1.08 bits per heavy atom. The summed E-state index contributed by atoms with van der Waals surface area (Å²) in [5.74, 6) is -2.99. The van der Waals surface area contributed by atoms with Crippen LogP contribution >= 0.6 is 0 Å². The molecule has 320 valence electrons. The van der Waals surface area contributed by atoms with E-state index in [1.807, 2.05) is 27.7 Å². The summed E-state index contributed by atoms with van der Waals surface area (Å²) in [4.78, 5) is 53.5. The van der Waals surface area contributed by atoms with Crippen LogP contribution in [0.15, 0.2) is 30.6 Å². The van der Waals surface area contributed by atoms with E-state index in [4.69, 9.17) is 14.0 Å². The third-order valence-electron chi connectivity index (χ3n) is 10.4. The number of hydrogen-bond acceptors (Lipinski definition) is 10. The topological polar surface area (TPSA) is 223 Å². The molecule has 4 rings (SSSR count). The van der Waals surface area contributed by atoms with Crippen LogP contribution in [0.4, 0.5) is 8.63 Å². The number of halogens is 2. The summed E-state index contributed by atoms with van der Waals surface area (Å²) in [6.07, 6.45) is 9.97. The summed E-state index contributed by atoms with van der Waals surface area (Å²) in [6.45, 7) is 14.8. The monoisotopic (exact) mass is 832 g/mol. The zero-order chi connectivity index (χ0) is 44.4. The average molecular weight is 832 g/mol. The predicted molar refractivity (Wildman–Crippen MR) is 227 cm³/mol. The number of aromatic amines is 4. The Morgan fingerprint density at radius 1 is 0.483 bits per heavy atom. The molecule has 0 aliphatic rings. The van der Waals surface area contributed by atoms with Crippen molar-refractivity contribution in [2.45, 2.75) is 107 Å². The van der Waals surface area contributed by atoms with E-state index in [1.165, 1.54) is 0 Å². The van der Waals surface area contributed by atoms with Crippen LogP contribution in [0.2, 0.25) is 0 Å². The lowest BCUT2D eigenvalue weighted by molar-refractivity contribution is 0.103. The Morgan fingerprint density at radius 2 is 0.783 bits per heavy atom. The van der Waals surface area contributed by atoms with Gasteiger partial charge in [-0.25, -0.2) is 8.63 Å². The van der Waals surface area contributed by atoms with Crippen LogP contribution in [0.25, 0.3) is 17.3 Å². The second-order valence-electron chi connectivity index (χ2n) is 13.7. The van der Waals surface area contributed by atoms with Gasteiger partial charge in [0.05, 0.1) is 34.2 Å². The van der Waals surface area contributed by atoms with E-state index in [-0.39, 0.29) is 65.7 Å². The summed E-state index contributed by atoms with van der Waals surface area (Å²) in [5.41, 5.74) is 5.97. The van der Waals surface area contributed by atoms with Gasteiger partial charge in [0.2, 0.25) is 17.3 Å². The number of carbonyl (C=O) groups excluding carboxylic acids is 3. The quantitative estimate of drug-likeness (QED) is 0.0186. The molecule has 0 saturated heterocycles. The number of hydrogen-bond donors (Lipinski definition) is 8. The van der Waals surface area contributed by atoms with E-state index in [0.29, 0.717) is 53.6 Å². The normalized spacial score (nSPS) is 12.2. The van der Waals surface area contributed by atoms with E-state index in [1.54, 1.807) is 40.1 Å². The molecule has 0 atom stereocenters. The number of ketones is 3. The van der Waals surface area contributed by atoms with Crippen LogP contribution in [-0.2, 0) is 65.3 Å². The number of carbonyl (C=O) groups is 3. The Hall–Kier alpha value is -5.36. The van der Waals surface area contributed by atoms with Crippen molar-refractivity contribution in [2.24, 2.45) is 0 Å². The number of aromatic nitrogens is 4. The van der Waals surface area contributed by atoms with Crippen LogP contribution in [0.1, 0.15) is 148 Å². The highest BCUT2D eigenvalue weighted by molar-refractivity contribution is 6.36. The summed E-state index contributed by atoms with van der Waals surface area (Å²) >= 11 is 0. The Labute approximate surface area is 349 Å². The Kier molecular flexibility index (Phi) is 16.8. The fraction of sp³-hybridized carbons (Fsp3) is 0.390. The van der Waals surface area contributed by atoms with Crippen molar-refractivity contribution in [3.05, 3.63) is 109 Å². The first-order valence-electron chi connectivity index (χ1n) is 20.3. The predicted octanol–water partition coefficient (Wildman–Crippen LogP) is 6.08. The zero-order valence-electron chi connectivity index (χ0n) is 35.3. The second kappa shape index (κ2) is 21.3. The second-order valence-corrected chi connectivity index (χ2v) is 13.7. The van der Waals surface area contributed by atoms with Gasteiger partial charge in [0, 0.05) is 30.6 Å². The SMILES string of the molecule is CCc1c[nH]c(C(=O)/C=C(\OB(O)O)c2[nH]c(C(=O)/C=C(\OB(F)F)c3[nH]c(/C(=C/C(=O)c4[nH]cc(CC)c4CC)OB(O)O)c(CC)c3CC)c(CC)c2CC)c1CC. The van der Waals surface area contributed by atoms with Gasteiger partial charge in [-0.1, -0.05) is 55.4 Å². The highest BCUT2D eigenvalue weighted by Crippen LogP contribution is 2.34. The fourth-order valence-corrected chi connectivity index (χ4v) is 7.82. The lowest BCUT2D eigenvalue weighted by Crippen LogP contribution is -2.17.